The van der Waals surface area contributed by atoms with Crippen LogP contribution in [0.3, 0.4) is 0 Å². The number of fused-ring (bicyclic) bond motifs is 1. The summed E-state index contributed by atoms with van der Waals surface area (Å²) in [5, 5.41) is 0. The average Bonchev–Trinajstić information content (AvgIpc) is 3.02. The topological polar surface area (TPSA) is 55.6 Å². The summed E-state index contributed by atoms with van der Waals surface area (Å²) in [5.41, 5.74) is 1.05. The molecule has 5 nitrogen and oxygen atoms in total. The van der Waals surface area contributed by atoms with Crippen molar-refractivity contribution in [2.75, 3.05) is 13.1 Å². The fourth-order valence-electron chi connectivity index (χ4n) is 3.60. The molecule has 0 N–H and O–H groups in total. The molecule has 1 atom stereocenters. The highest BCUT2D eigenvalue weighted by Gasteiger charge is 2.40. The number of amides is 1. The van der Waals surface area contributed by atoms with Gasteiger partial charge in [0.15, 0.2) is 11.6 Å². The van der Waals surface area contributed by atoms with Gasteiger partial charge in [0.2, 0.25) is 0 Å². The van der Waals surface area contributed by atoms with Crippen LogP contribution in [0.2, 0.25) is 0 Å². The van der Waals surface area contributed by atoms with E-state index in [-0.39, 0.29) is 5.91 Å². The van der Waals surface area contributed by atoms with Crippen LogP contribution in [0.25, 0.3) is 6.08 Å². The fourth-order valence-corrected chi connectivity index (χ4v) is 3.60. The van der Waals surface area contributed by atoms with Crippen molar-refractivity contribution < 1.29 is 13.9 Å². The second-order valence-corrected chi connectivity index (χ2v) is 6.73. The highest BCUT2D eigenvalue weighted by atomic mass is 16.5. The number of rotatable bonds is 2. The van der Waals surface area contributed by atoms with Gasteiger partial charge in [0.05, 0.1) is 6.54 Å². The number of nitrogens with zero attached hydrogens (tertiary/aromatic N) is 2. The Hall–Kier alpha value is -2.56. The Morgan fingerprint density at radius 2 is 2.20 bits per heavy atom. The van der Waals surface area contributed by atoms with Crippen molar-refractivity contribution in [1.29, 1.82) is 0 Å². The Labute approximate surface area is 147 Å². The molecule has 1 amide bonds. The maximum atomic E-state index is 12.9. The van der Waals surface area contributed by atoms with Crippen LogP contribution in [-0.4, -0.2) is 34.5 Å². The lowest BCUT2D eigenvalue weighted by atomic mass is 9.89. The smallest absolute Gasteiger partial charge is 0.276 e. The molecule has 1 spiro atoms. The maximum absolute atomic E-state index is 12.9. The molecule has 1 aromatic carbocycles. The van der Waals surface area contributed by atoms with Gasteiger partial charge in [0, 0.05) is 18.5 Å². The van der Waals surface area contributed by atoms with Crippen molar-refractivity contribution in [3.63, 3.8) is 0 Å². The molecular weight excluding hydrogens is 316 g/mol. The molecule has 2 aromatic rings. The first-order chi connectivity index (χ1) is 12.1. The van der Waals surface area contributed by atoms with E-state index in [2.05, 4.69) is 17.1 Å². The maximum Gasteiger partial charge on any atom is 0.276 e. The van der Waals surface area contributed by atoms with Crippen molar-refractivity contribution in [2.45, 2.75) is 38.7 Å². The molecule has 25 heavy (non-hydrogen) atoms. The van der Waals surface area contributed by atoms with Crippen LogP contribution in [0.15, 0.2) is 34.8 Å². The molecule has 1 saturated heterocycles. The third-order valence-electron chi connectivity index (χ3n) is 4.92. The molecule has 2 aliphatic rings. The summed E-state index contributed by atoms with van der Waals surface area (Å²) in [6.45, 7) is 5.01. The predicted molar refractivity (Wildman–Crippen MR) is 94.6 cm³/mol. The summed E-state index contributed by atoms with van der Waals surface area (Å²) in [7, 11) is 0. The predicted octanol–water partition coefficient (Wildman–Crippen LogP) is 3.63. The Morgan fingerprint density at radius 3 is 3.00 bits per heavy atom. The molecule has 0 aliphatic carbocycles. The molecule has 0 bridgehead atoms. The summed E-state index contributed by atoms with van der Waals surface area (Å²) in [4.78, 5) is 19.1. The van der Waals surface area contributed by atoms with E-state index in [1.54, 1.807) is 6.92 Å². The van der Waals surface area contributed by atoms with Crippen molar-refractivity contribution in [3.8, 4) is 5.75 Å². The number of oxazole rings is 1. The third kappa shape index (κ3) is 2.84. The molecule has 5 heteroatoms. The number of benzene rings is 1. The third-order valence-corrected chi connectivity index (χ3v) is 4.92. The molecule has 130 valence electrons. The minimum atomic E-state index is -0.451. The lowest BCUT2D eigenvalue weighted by molar-refractivity contribution is 0.0231. The molecule has 0 saturated carbocycles. The number of aryl methyl sites for hydroxylation is 2. The summed E-state index contributed by atoms with van der Waals surface area (Å²) in [6.07, 6.45) is 6.68. The van der Waals surface area contributed by atoms with Gasteiger partial charge in [-0.3, -0.25) is 4.79 Å². The van der Waals surface area contributed by atoms with Gasteiger partial charge in [-0.25, -0.2) is 4.98 Å². The van der Waals surface area contributed by atoms with Crippen LogP contribution in [0, 0.1) is 6.92 Å². The number of hydrogen-bond donors (Lipinski definition) is 0. The zero-order valence-corrected chi connectivity index (χ0v) is 14.6. The second kappa shape index (κ2) is 6.06. The van der Waals surface area contributed by atoms with Gasteiger partial charge in [-0.2, -0.15) is 0 Å². The van der Waals surface area contributed by atoms with Crippen LogP contribution >= 0.6 is 0 Å². The number of ether oxygens (including phenoxy) is 1. The summed E-state index contributed by atoms with van der Waals surface area (Å²) in [5.74, 6) is 2.00. The zero-order valence-electron chi connectivity index (χ0n) is 14.6. The van der Waals surface area contributed by atoms with Crippen LogP contribution in [0.4, 0.5) is 0 Å². The number of piperidine rings is 1. The van der Waals surface area contributed by atoms with E-state index in [0.717, 1.165) is 24.2 Å². The standard InChI is InChI=1S/C20H22N2O3/c1-3-17-21-18(14(2)24-17)19(23)22-12-6-10-20(13-22)11-9-15-7-4-5-8-16(15)25-20/h4-5,7-9,11H,3,6,10,12-13H2,1-2H3. The minimum Gasteiger partial charge on any atom is -0.481 e. The normalized spacial score (nSPS) is 21.9. The number of carbonyl (C=O) groups excluding carboxylic acids is 1. The van der Waals surface area contributed by atoms with Crippen molar-refractivity contribution in [3.05, 3.63) is 53.2 Å². The van der Waals surface area contributed by atoms with Gasteiger partial charge in [0.25, 0.3) is 5.91 Å². The average molecular weight is 338 g/mol. The Morgan fingerprint density at radius 1 is 1.36 bits per heavy atom. The van der Waals surface area contributed by atoms with Gasteiger partial charge in [0.1, 0.15) is 17.1 Å². The van der Waals surface area contributed by atoms with Gasteiger partial charge in [-0.15, -0.1) is 0 Å². The first-order valence-electron chi connectivity index (χ1n) is 8.83. The lowest BCUT2D eigenvalue weighted by Crippen LogP contribution is -2.53. The summed E-state index contributed by atoms with van der Waals surface area (Å²) < 4.78 is 11.9. The van der Waals surface area contributed by atoms with Crippen LogP contribution in [0.5, 0.6) is 5.75 Å². The molecule has 1 unspecified atom stereocenters. The SMILES string of the molecule is CCc1nc(C(=O)N2CCCC3(C=Cc4ccccc4O3)C2)c(C)o1. The molecule has 1 fully saturated rings. The number of aromatic nitrogens is 1. The van der Waals surface area contributed by atoms with E-state index < -0.39 is 5.60 Å². The Bertz CT molecular complexity index is 839. The first kappa shape index (κ1) is 15.9. The molecule has 4 rings (SSSR count). The number of likely N-dealkylation sites (tertiary alicyclic amines) is 1. The highest BCUT2D eigenvalue weighted by molar-refractivity contribution is 5.93. The molecule has 2 aliphatic heterocycles. The number of carbonyl (C=O) groups is 1. The van der Waals surface area contributed by atoms with E-state index in [1.807, 2.05) is 36.1 Å². The van der Waals surface area contributed by atoms with Crippen molar-refractivity contribution in [1.82, 2.24) is 9.88 Å². The number of hydrogen-bond acceptors (Lipinski definition) is 4. The summed E-state index contributed by atoms with van der Waals surface area (Å²) >= 11 is 0. The molecule has 1 aromatic heterocycles. The monoisotopic (exact) mass is 338 g/mol. The lowest BCUT2D eigenvalue weighted by Gasteiger charge is -2.42. The van der Waals surface area contributed by atoms with Gasteiger partial charge in [-0.1, -0.05) is 31.2 Å². The second-order valence-electron chi connectivity index (χ2n) is 6.73. The van der Waals surface area contributed by atoms with Crippen LogP contribution < -0.4 is 4.74 Å². The highest BCUT2D eigenvalue weighted by Crippen LogP contribution is 2.36. The molecule has 3 heterocycles. The van der Waals surface area contributed by atoms with Crippen molar-refractivity contribution in [2.24, 2.45) is 0 Å². The molecular formula is C20H22N2O3. The van der Waals surface area contributed by atoms with Crippen molar-refractivity contribution >= 4 is 12.0 Å². The Balaban J connectivity index is 1.57. The quantitative estimate of drug-likeness (QED) is 0.839. The van der Waals surface area contributed by atoms with E-state index in [9.17, 15) is 4.79 Å². The minimum absolute atomic E-state index is 0.0733. The Kier molecular flexibility index (Phi) is 3.86. The summed E-state index contributed by atoms with van der Waals surface area (Å²) in [6, 6.07) is 7.99. The largest absolute Gasteiger partial charge is 0.481 e. The van der Waals surface area contributed by atoms with Gasteiger partial charge < -0.3 is 14.1 Å². The fraction of sp³-hybridized carbons (Fsp3) is 0.400. The van der Waals surface area contributed by atoms with Crippen LogP contribution in [-0.2, 0) is 6.42 Å². The van der Waals surface area contributed by atoms with Crippen LogP contribution in [0.1, 0.15) is 47.5 Å². The number of para-hydroxylation sites is 1. The first-order valence-corrected chi connectivity index (χ1v) is 8.83. The van der Waals surface area contributed by atoms with E-state index in [4.69, 9.17) is 9.15 Å². The van der Waals surface area contributed by atoms with E-state index in [1.165, 1.54) is 0 Å². The van der Waals surface area contributed by atoms with Gasteiger partial charge >= 0.3 is 0 Å². The van der Waals surface area contributed by atoms with Gasteiger partial charge in [-0.05, 0) is 31.9 Å². The molecule has 0 radical (unpaired) electrons. The van der Waals surface area contributed by atoms with E-state index in [0.29, 0.717) is 36.9 Å². The van der Waals surface area contributed by atoms with E-state index >= 15 is 0 Å². The zero-order chi connectivity index (χ0) is 17.4.